The summed E-state index contributed by atoms with van der Waals surface area (Å²) < 4.78 is 1.78. The molecule has 0 aliphatic rings. The standard InChI is InChI=1S/C13H21BrN4O2/c1-6-17(5)12(19)9(4)16-10-7-15-18(8(2)3)13(20)11(10)14/h7-9,16H,6H2,1-5H3. The summed E-state index contributed by atoms with van der Waals surface area (Å²) in [5.74, 6) is -0.0348. The second-order valence-electron chi connectivity index (χ2n) is 4.93. The van der Waals surface area contributed by atoms with Gasteiger partial charge in [-0.3, -0.25) is 9.59 Å². The number of carbonyl (C=O) groups excluding carboxylic acids is 1. The molecule has 1 amide bonds. The number of hydrogen-bond donors (Lipinski definition) is 1. The Labute approximate surface area is 127 Å². The summed E-state index contributed by atoms with van der Waals surface area (Å²) in [4.78, 5) is 25.7. The third-order valence-corrected chi connectivity index (χ3v) is 3.79. The van der Waals surface area contributed by atoms with Crippen molar-refractivity contribution in [3.8, 4) is 0 Å². The summed E-state index contributed by atoms with van der Waals surface area (Å²) in [5, 5.41) is 7.12. The molecule has 1 atom stereocenters. The fraction of sp³-hybridized carbons (Fsp3) is 0.615. The highest BCUT2D eigenvalue weighted by atomic mass is 79.9. The van der Waals surface area contributed by atoms with Crippen LogP contribution in [0.4, 0.5) is 5.69 Å². The van der Waals surface area contributed by atoms with Crippen molar-refractivity contribution in [3.63, 3.8) is 0 Å². The molecular weight excluding hydrogens is 324 g/mol. The molecule has 0 spiro atoms. The van der Waals surface area contributed by atoms with Gasteiger partial charge in [-0.05, 0) is 43.6 Å². The van der Waals surface area contributed by atoms with Crippen molar-refractivity contribution in [2.75, 3.05) is 18.9 Å². The Morgan fingerprint density at radius 3 is 2.60 bits per heavy atom. The monoisotopic (exact) mass is 344 g/mol. The maximum Gasteiger partial charge on any atom is 0.283 e. The van der Waals surface area contributed by atoms with Crippen LogP contribution in [0, 0.1) is 0 Å². The lowest BCUT2D eigenvalue weighted by Gasteiger charge is -2.22. The Balaban J connectivity index is 2.97. The number of likely N-dealkylation sites (N-methyl/N-ethyl adjacent to an activating group) is 1. The van der Waals surface area contributed by atoms with Gasteiger partial charge >= 0.3 is 0 Å². The first-order valence-corrected chi connectivity index (χ1v) is 7.37. The first-order valence-electron chi connectivity index (χ1n) is 6.58. The maximum atomic E-state index is 12.1. The zero-order valence-electron chi connectivity index (χ0n) is 12.5. The molecule has 20 heavy (non-hydrogen) atoms. The predicted octanol–water partition coefficient (Wildman–Crippen LogP) is 1.87. The van der Waals surface area contributed by atoms with E-state index in [1.165, 1.54) is 4.68 Å². The van der Waals surface area contributed by atoms with E-state index in [0.717, 1.165) is 0 Å². The largest absolute Gasteiger partial charge is 0.372 e. The summed E-state index contributed by atoms with van der Waals surface area (Å²) in [6.45, 7) is 8.08. The zero-order valence-corrected chi connectivity index (χ0v) is 14.1. The molecule has 6 nitrogen and oxygen atoms in total. The van der Waals surface area contributed by atoms with Gasteiger partial charge in [-0.15, -0.1) is 0 Å². The number of nitrogens with one attached hydrogen (secondary N) is 1. The molecule has 0 fully saturated rings. The molecule has 0 aliphatic heterocycles. The van der Waals surface area contributed by atoms with Crippen LogP contribution in [0.2, 0.25) is 0 Å². The minimum absolute atomic E-state index is 0.0156. The van der Waals surface area contributed by atoms with E-state index in [0.29, 0.717) is 16.7 Å². The Morgan fingerprint density at radius 1 is 1.50 bits per heavy atom. The first kappa shape index (κ1) is 16.7. The minimum atomic E-state index is -0.424. The van der Waals surface area contributed by atoms with Gasteiger partial charge in [0, 0.05) is 13.6 Å². The van der Waals surface area contributed by atoms with Gasteiger partial charge in [0.15, 0.2) is 0 Å². The van der Waals surface area contributed by atoms with Crippen LogP contribution >= 0.6 is 15.9 Å². The molecule has 1 rings (SSSR count). The van der Waals surface area contributed by atoms with Crippen molar-refractivity contribution in [3.05, 3.63) is 21.0 Å². The smallest absolute Gasteiger partial charge is 0.283 e. The lowest BCUT2D eigenvalue weighted by atomic mass is 10.2. The summed E-state index contributed by atoms with van der Waals surface area (Å²) >= 11 is 3.27. The molecule has 1 heterocycles. The number of amides is 1. The average molecular weight is 345 g/mol. The van der Waals surface area contributed by atoms with Crippen LogP contribution in [0.5, 0.6) is 0 Å². The van der Waals surface area contributed by atoms with Gasteiger partial charge in [0.25, 0.3) is 5.56 Å². The number of halogens is 1. The fourth-order valence-corrected chi connectivity index (χ4v) is 2.09. The first-order chi connectivity index (χ1) is 9.29. The third-order valence-electron chi connectivity index (χ3n) is 3.03. The van der Waals surface area contributed by atoms with Crippen LogP contribution in [0.15, 0.2) is 15.5 Å². The van der Waals surface area contributed by atoms with Crippen molar-refractivity contribution in [1.29, 1.82) is 0 Å². The Hall–Kier alpha value is -1.37. The highest BCUT2D eigenvalue weighted by Crippen LogP contribution is 2.18. The van der Waals surface area contributed by atoms with Crippen LogP contribution in [0.1, 0.15) is 33.7 Å². The van der Waals surface area contributed by atoms with E-state index in [-0.39, 0.29) is 17.5 Å². The second kappa shape index (κ2) is 6.88. The fourth-order valence-electron chi connectivity index (χ4n) is 1.69. The molecule has 1 N–H and O–H groups in total. The number of carbonyl (C=O) groups is 1. The average Bonchev–Trinajstić information content (AvgIpc) is 2.41. The highest BCUT2D eigenvalue weighted by molar-refractivity contribution is 9.10. The van der Waals surface area contributed by atoms with Gasteiger partial charge in [0.2, 0.25) is 5.91 Å². The number of aromatic nitrogens is 2. The number of anilines is 1. The van der Waals surface area contributed by atoms with Gasteiger partial charge in [-0.25, -0.2) is 4.68 Å². The van der Waals surface area contributed by atoms with E-state index in [4.69, 9.17) is 0 Å². The Morgan fingerprint density at radius 2 is 2.10 bits per heavy atom. The van der Waals surface area contributed by atoms with E-state index >= 15 is 0 Å². The van der Waals surface area contributed by atoms with Crippen molar-refractivity contribution in [2.45, 2.75) is 39.8 Å². The predicted molar refractivity (Wildman–Crippen MR) is 83.0 cm³/mol. The van der Waals surface area contributed by atoms with Crippen molar-refractivity contribution in [2.24, 2.45) is 0 Å². The molecule has 0 radical (unpaired) electrons. The number of nitrogens with zero attached hydrogens (tertiary/aromatic N) is 3. The Kier molecular flexibility index (Phi) is 5.74. The van der Waals surface area contributed by atoms with Gasteiger partial charge in [-0.2, -0.15) is 5.10 Å². The van der Waals surface area contributed by atoms with E-state index in [1.54, 1.807) is 25.1 Å². The van der Waals surface area contributed by atoms with Crippen LogP contribution in [-0.4, -0.2) is 40.2 Å². The quantitative estimate of drug-likeness (QED) is 0.885. The molecule has 1 unspecified atom stereocenters. The summed E-state index contributed by atoms with van der Waals surface area (Å²) in [6.07, 6.45) is 1.56. The summed E-state index contributed by atoms with van der Waals surface area (Å²) in [6, 6.07) is -0.439. The molecular formula is C13H21BrN4O2. The molecule has 0 bridgehead atoms. The SMILES string of the molecule is CCN(C)C(=O)C(C)Nc1cnn(C(C)C)c(=O)c1Br. The zero-order chi connectivity index (χ0) is 15.4. The minimum Gasteiger partial charge on any atom is -0.372 e. The molecule has 7 heteroatoms. The topological polar surface area (TPSA) is 67.2 Å². The van der Waals surface area contributed by atoms with Crippen LogP contribution < -0.4 is 10.9 Å². The molecule has 0 saturated carbocycles. The van der Waals surface area contributed by atoms with Gasteiger partial charge < -0.3 is 10.2 Å². The summed E-state index contributed by atoms with van der Waals surface area (Å²) in [7, 11) is 1.74. The normalized spacial score (nSPS) is 12.3. The molecule has 112 valence electrons. The maximum absolute atomic E-state index is 12.1. The van der Waals surface area contributed by atoms with E-state index < -0.39 is 6.04 Å². The lowest BCUT2D eigenvalue weighted by Crippen LogP contribution is -2.39. The molecule has 0 aliphatic carbocycles. The number of rotatable bonds is 5. The lowest BCUT2D eigenvalue weighted by molar-refractivity contribution is -0.130. The second-order valence-corrected chi connectivity index (χ2v) is 5.73. The highest BCUT2D eigenvalue weighted by Gasteiger charge is 2.18. The third kappa shape index (κ3) is 3.59. The van der Waals surface area contributed by atoms with Crippen molar-refractivity contribution < 1.29 is 4.79 Å². The van der Waals surface area contributed by atoms with Crippen molar-refractivity contribution >= 4 is 27.5 Å². The van der Waals surface area contributed by atoms with E-state index in [2.05, 4.69) is 26.3 Å². The van der Waals surface area contributed by atoms with Gasteiger partial charge in [0.1, 0.15) is 10.5 Å². The van der Waals surface area contributed by atoms with Gasteiger partial charge in [0.05, 0.1) is 17.9 Å². The molecule has 1 aromatic heterocycles. The van der Waals surface area contributed by atoms with Gasteiger partial charge in [-0.1, -0.05) is 0 Å². The van der Waals surface area contributed by atoms with Crippen LogP contribution in [0.3, 0.4) is 0 Å². The number of hydrogen-bond acceptors (Lipinski definition) is 4. The molecule has 0 aromatic carbocycles. The van der Waals surface area contributed by atoms with Crippen LogP contribution in [-0.2, 0) is 4.79 Å². The molecule has 0 saturated heterocycles. The van der Waals surface area contributed by atoms with Crippen LogP contribution in [0.25, 0.3) is 0 Å². The van der Waals surface area contributed by atoms with E-state index in [1.807, 2.05) is 20.8 Å². The van der Waals surface area contributed by atoms with E-state index in [9.17, 15) is 9.59 Å². The Bertz CT molecular complexity index is 542. The molecule has 1 aromatic rings. The summed E-state index contributed by atoms with van der Waals surface area (Å²) in [5.41, 5.74) is 0.311. The van der Waals surface area contributed by atoms with Crippen molar-refractivity contribution in [1.82, 2.24) is 14.7 Å².